The van der Waals surface area contributed by atoms with Gasteiger partial charge in [0.2, 0.25) is 0 Å². The summed E-state index contributed by atoms with van der Waals surface area (Å²) in [5.74, 6) is 0.197. The second kappa shape index (κ2) is 6.02. The van der Waals surface area contributed by atoms with Crippen molar-refractivity contribution < 1.29 is 8.42 Å². The maximum absolute atomic E-state index is 12.4. The highest BCUT2D eigenvalue weighted by atomic mass is 32.2. The molecule has 0 aliphatic rings. The van der Waals surface area contributed by atoms with E-state index in [1.54, 1.807) is 0 Å². The van der Waals surface area contributed by atoms with Gasteiger partial charge in [0.15, 0.2) is 9.84 Å². The van der Waals surface area contributed by atoms with E-state index in [9.17, 15) is 8.42 Å². The standard InChI is InChI=1S/C18H22O2S/c1-13-5-7-17(9-15(13)3)11-21(19,20)12-18-8-6-14(2)16(4)10-18/h5-10H,11-12H2,1-4H3. The molecular weight excluding hydrogens is 280 g/mol. The third-order valence-corrected chi connectivity index (χ3v) is 5.46. The van der Waals surface area contributed by atoms with Gasteiger partial charge in [0.25, 0.3) is 0 Å². The molecule has 0 saturated heterocycles. The lowest BCUT2D eigenvalue weighted by Gasteiger charge is -2.08. The Kier molecular flexibility index (Phi) is 4.52. The van der Waals surface area contributed by atoms with Crippen molar-refractivity contribution in [1.29, 1.82) is 0 Å². The molecule has 21 heavy (non-hydrogen) atoms. The molecule has 0 amide bonds. The Morgan fingerprint density at radius 2 is 1.05 bits per heavy atom. The second-order valence-corrected chi connectivity index (χ2v) is 7.93. The van der Waals surface area contributed by atoms with E-state index in [2.05, 4.69) is 0 Å². The van der Waals surface area contributed by atoms with Crippen molar-refractivity contribution >= 4 is 9.84 Å². The number of benzene rings is 2. The molecule has 0 fully saturated rings. The molecule has 3 heteroatoms. The molecule has 0 bridgehead atoms. The topological polar surface area (TPSA) is 34.1 Å². The minimum atomic E-state index is -3.15. The molecule has 2 aromatic carbocycles. The first-order valence-electron chi connectivity index (χ1n) is 7.09. The van der Waals surface area contributed by atoms with E-state index in [1.807, 2.05) is 64.1 Å². The van der Waals surface area contributed by atoms with Crippen molar-refractivity contribution in [3.8, 4) is 0 Å². The summed E-state index contributed by atoms with van der Waals surface area (Å²) in [6.45, 7) is 8.08. The van der Waals surface area contributed by atoms with E-state index in [0.29, 0.717) is 0 Å². The van der Waals surface area contributed by atoms with Gasteiger partial charge in [0.05, 0.1) is 11.5 Å². The van der Waals surface area contributed by atoms with Crippen molar-refractivity contribution in [3.05, 3.63) is 69.8 Å². The molecule has 0 aliphatic carbocycles. The Hall–Kier alpha value is -1.61. The largest absolute Gasteiger partial charge is 0.228 e. The van der Waals surface area contributed by atoms with Gasteiger partial charge in [0.1, 0.15) is 0 Å². The summed E-state index contributed by atoms with van der Waals surface area (Å²) in [6.07, 6.45) is 0. The highest BCUT2D eigenvalue weighted by Crippen LogP contribution is 2.17. The zero-order chi connectivity index (χ0) is 15.6. The lowest BCUT2D eigenvalue weighted by atomic mass is 10.1. The molecule has 0 unspecified atom stereocenters. The summed E-state index contributed by atoms with van der Waals surface area (Å²) in [6, 6.07) is 11.7. The highest BCUT2D eigenvalue weighted by molar-refractivity contribution is 7.89. The van der Waals surface area contributed by atoms with Crippen LogP contribution in [0.4, 0.5) is 0 Å². The lowest BCUT2D eigenvalue weighted by molar-refractivity contribution is 0.594. The van der Waals surface area contributed by atoms with E-state index in [4.69, 9.17) is 0 Å². The van der Waals surface area contributed by atoms with Crippen molar-refractivity contribution in [1.82, 2.24) is 0 Å². The first kappa shape index (κ1) is 15.8. The number of aryl methyl sites for hydroxylation is 4. The fraction of sp³-hybridized carbons (Fsp3) is 0.333. The van der Waals surface area contributed by atoms with E-state index in [-0.39, 0.29) is 11.5 Å². The monoisotopic (exact) mass is 302 g/mol. The molecular formula is C18H22O2S. The van der Waals surface area contributed by atoms with Crippen LogP contribution in [0.3, 0.4) is 0 Å². The molecule has 0 aliphatic heterocycles. The van der Waals surface area contributed by atoms with Crippen LogP contribution >= 0.6 is 0 Å². The molecule has 0 N–H and O–H groups in total. The van der Waals surface area contributed by atoms with Crippen LogP contribution in [0.5, 0.6) is 0 Å². The Labute approximate surface area is 127 Å². The van der Waals surface area contributed by atoms with Crippen molar-refractivity contribution in [3.63, 3.8) is 0 Å². The molecule has 0 saturated carbocycles. The van der Waals surface area contributed by atoms with Crippen LogP contribution in [0.2, 0.25) is 0 Å². The maximum Gasteiger partial charge on any atom is 0.158 e. The van der Waals surface area contributed by atoms with Gasteiger partial charge < -0.3 is 0 Å². The zero-order valence-corrected chi connectivity index (χ0v) is 13.9. The molecule has 2 aromatic rings. The van der Waals surface area contributed by atoms with Gasteiger partial charge in [-0.2, -0.15) is 0 Å². The number of rotatable bonds is 4. The van der Waals surface area contributed by atoms with Gasteiger partial charge in [-0.15, -0.1) is 0 Å². The van der Waals surface area contributed by atoms with E-state index < -0.39 is 9.84 Å². The number of hydrogen-bond acceptors (Lipinski definition) is 2. The average Bonchev–Trinajstić information content (AvgIpc) is 2.37. The highest BCUT2D eigenvalue weighted by Gasteiger charge is 2.14. The van der Waals surface area contributed by atoms with Crippen LogP contribution in [0.25, 0.3) is 0 Å². The molecule has 0 radical (unpaired) electrons. The Morgan fingerprint density at radius 1 is 0.667 bits per heavy atom. The average molecular weight is 302 g/mol. The summed E-state index contributed by atoms with van der Waals surface area (Å²) in [5, 5.41) is 0. The first-order chi connectivity index (χ1) is 9.77. The summed E-state index contributed by atoms with van der Waals surface area (Å²) in [7, 11) is -3.15. The third-order valence-electron chi connectivity index (χ3n) is 3.92. The van der Waals surface area contributed by atoms with Gasteiger partial charge in [-0.05, 0) is 61.1 Å². The second-order valence-electron chi connectivity index (χ2n) is 5.87. The first-order valence-corrected chi connectivity index (χ1v) is 8.92. The van der Waals surface area contributed by atoms with Crippen LogP contribution in [0, 0.1) is 27.7 Å². The van der Waals surface area contributed by atoms with Crippen molar-refractivity contribution in [2.45, 2.75) is 39.2 Å². The normalized spacial score (nSPS) is 11.6. The molecule has 0 spiro atoms. The van der Waals surface area contributed by atoms with Gasteiger partial charge in [0, 0.05) is 0 Å². The minimum absolute atomic E-state index is 0.0983. The zero-order valence-electron chi connectivity index (χ0n) is 13.1. The van der Waals surface area contributed by atoms with E-state index >= 15 is 0 Å². The van der Waals surface area contributed by atoms with Gasteiger partial charge >= 0.3 is 0 Å². The van der Waals surface area contributed by atoms with E-state index in [0.717, 1.165) is 22.3 Å². The molecule has 0 aromatic heterocycles. The van der Waals surface area contributed by atoms with E-state index in [1.165, 1.54) is 11.1 Å². The van der Waals surface area contributed by atoms with Crippen LogP contribution in [-0.2, 0) is 21.3 Å². The third kappa shape index (κ3) is 4.18. The molecule has 2 rings (SSSR count). The predicted molar refractivity (Wildman–Crippen MR) is 88.2 cm³/mol. The molecule has 112 valence electrons. The van der Waals surface area contributed by atoms with Crippen molar-refractivity contribution in [2.24, 2.45) is 0 Å². The predicted octanol–water partition coefficient (Wildman–Crippen LogP) is 4.04. The number of hydrogen-bond donors (Lipinski definition) is 0. The van der Waals surface area contributed by atoms with Crippen LogP contribution in [0.1, 0.15) is 33.4 Å². The fourth-order valence-corrected chi connectivity index (χ4v) is 3.82. The minimum Gasteiger partial charge on any atom is -0.228 e. The Balaban J connectivity index is 2.18. The van der Waals surface area contributed by atoms with Crippen LogP contribution in [-0.4, -0.2) is 8.42 Å². The summed E-state index contributed by atoms with van der Waals surface area (Å²) >= 11 is 0. The quantitative estimate of drug-likeness (QED) is 0.854. The van der Waals surface area contributed by atoms with Gasteiger partial charge in [-0.3, -0.25) is 0 Å². The molecule has 0 heterocycles. The lowest BCUT2D eigenvalue weighted by Crippen LogP contribution is -2.08. The SMILES string of the molecule is Cc1ccc(CS(=O)(=O)Cc2ccc(C)c(C)c2)cc1C. The van der Waals surface area contributed by atoms with Crippen LogP contribution in [0.15, 0.2) is 36.4 Å². The summed E-state index contributed by atoms with van der Waals surface area (Å²) < 4.78 is 24.7. The summed E-state index contributed by atoms with van der Waals surface area (Å²) in [5.41, 5.74) is 6.36. The summed E-state index contributed by atoms with van der Waals surface area (Å²) in [4.78, 5) is 0. The molecule has 0 atom stereocenters. The smallest absolute Gasteiger partial charge is 0.158 e. The Bertz CT molecular complexity index is 699. The Morgan fingerprint density at radius 3 is 1.38 bits per heavy atom. The fourth-order valence-electron chi connectivity index (χ4n) is 2.35. The molecule has 2 nitrogen and oxygen atoms in total. The van der Waals surface area contributed by atoms with Crippen molar-refractivity contribution in [2.75, 3.05) is 0 Å². The van der Waals surface area contributed by atoms with Crippen LogP contribution < -0.4 is 0 Å². The van der Waals surface area contributed by atoms with Gasteiger partial charge in [-0.25, -0.2) is 8.42 Å². The van der Waals surface area contributed by atoms with Gasteiger partial charge in [-0.1, -0.05) is 36.4 Å². The number of sulfone groups is 1. The maximum atomic E-state index is 12.4.